The number of anilines is 1. The van der Waals surface area contributed by atoms with Gasteiger partial charge in [-0.3, -0.25) is 4.72 Å². The van der Waals surface area contributed by atoms with Crippen LogP contribution < -0.4 is 9.46 Å². The van der Waals surface area contributed by atoms with E-state index in [2.05, 4.69) is 29.8 Å². The number of H-pyrrole nitrogens is 1. The normalized spacial score (nSPS) is 11.4. The predicted molar refractivity (Wildman–Crippen MR) is 105 cm³/mol. The van der Waals surface area contributed by atoms with E-state index in [1.54, 1.807) is 35.0 Å². The number of hydrogen-bond donors (Lipinski definition) is 2. The van der Waals surface area contributed by atoms with Gasteiger partial charge in [0.25, 0.3) is 10.0 Å². The number of sulfonamides is 1. The highest BCUT2D eigenvalue weighted by Gasteiger charge is 2.15. The maximum atomic E-state index is 12.2. The van der Waals surface area contributed by atoms with E-state index in [4.69, 9.17) is 4.74 Å². The van der Waals surface area contributed by atoms with Crippen LogP contribution in [0.1, 0.15) is 11.4 Å². The minimum absolute atomic E-state index is 0.0181. The van der Waals surface area contributed by atoms with Crippen molar-refractivity contribution in [2.24, 2.45) is 0 Å². The molecule has 1 aromatic carbocycles. The summed E-state index contributed by atoms with van der Waals surface area (Å²) >= 11 is 0. The third kappa shape index (κ3) is 4.09. The van der Waals surface area contributed by atoms with E-state index in [1.807, 2.05) is 19.9 Å². The smallest absolute Gasteiger partial charge is 0.278 e. The Bertz CT molecular complexity index is 1230. The highest BCUT2D eigenvalue weighted by molar-refractivity contribution is 7.92. The summed E-state index contributed by atoms with van der Waals surface area (Å²) in [6.07, 6.45) is 3.93. The lowest BCUT2D eigenvalue weighted by Crippen LogP contribution is -2.13. The van der Waals surface area contributed by atoms with Crippen molar-refractivity contribution in [3.63, 3.8) is 0 Å². The van der Waals surface area contributed by atoms with Gasteiger partial charge in [0.15, 0.2) is 10.8 Å². The van der Waals surface area contributed by atoms with Gasteiger partial charge in [0.2, 0.25) is 5.88 Å². The summed E-state index contributed by atoms with van der Waals surface area (Å²) < 4.78 is 34.3. The molecule has 0 fully saturated rings. The fourth-order valence-electron chi connectivity index (χ4n) is 2.67. The molecule has 2 N–H and O–H groups in total. The summed E-state index contributed by atoms with van der Waals surface area (Å²) in [6, 6.07) is 10.1. The molecule has 0 aliphatic heterocycles. The van der Waals surface area contributed by atoms with Crippen LogP contribution in [0.4, 0.5) is 5.69 Å². The van der Waals surface area contributed by atoms with Crippen LogP contribution in [-0.4, -0.2) is 38.1 Å². The standard InChI is InChI=1S/C18H17N7O3S/c1-12-7-13(2)25(23-12)16-8-17(21-11-20-16)28-15-5-3-14(4-6-15)24-29(26,27)18-9-19-10-22-18/h3-11,24H,1-2H3,(H,19,22). The lowest BCUT2D eigenvalue weighted by atomic mass is 10.3. The Kier molecular flexibility index (Phi) is 4.72. The average Bonchev–Trinajstić information content (AvgIpc) is 3.34. The first kappa shape index (κ1) is 18.6. The number of benzene rings is 1. The molecule has 4 aromatic rings. The van der Waals surface area contributed by atoms with Gasteiger partial charge < -0.3 is 9.72 Å². The minimum atomic E-state index is -3.72. The Labute approximate surface area is 166 Å². The minimum Gasteiger partial charge on any atom is -0.439 e. The molecule has 0 amide bonds. The molecule has 3 heterocycles. The van der Waals surface area contributed by atoms with Crippen LogP contribution in [0.15, 0.2) is 60.3 Å². The van der Waals surface area contributed by atoms with Crippen molar-refractivity contribution >= 4 is 15.7 Å². The number of imidazole rings is 1. The maximum Gasteiger partial charge on any atom is 0.278 e. The monoisotopic (exact) mass is 411 g/mol. The van der Waals surface area contributed by atoms with Gasteiger partial charge in [-0.1, -0.05) is 0 Å². The largest absolute Gasteiger partial charge is 0.439 e. The first-order chi connectivity index (χ1) is 13.9. The van der Waals surface area contributed by atoms with Crippen LogP contribution in [0.25, 0.3) is 5.82 Å². The zero-order valence-corrected chi connectivity index (χ0v) is 16.4. The summed E-state index contributed by atoms with van der Waals surface area (Å²) in [7, 11) is -3.72. The van der Waals surface area contributed by atoms with E-state index < -0.39 is 10.0 Å². The second-order valence-electron chi connectivity index (χ2n) is 6.20. The maximum absolute atomic E-state index is 12.2. The number of aromatic nitrogens is 6. The molecule has 0 atom stereocenters. The van der Waals surface area contributed by atoms with Crippen LogP contribution in [0.3, 0.4) is 0 Å². The quantitative estimate of drug-likeness (QED) is 0.499. The van der Waals surface area contributed by atoms with Crippen molar-refractivity contribution in [2.45, 2.75) is 18.9 Å². The number of hydrogen-bond acceptors (Lipinski definition) is 7. The molecule has 0 saturated heterocycles. The highest BCUT2D eigenvalue weighted by atomic mass is 32.2. The molecule has 3 aromatic heterocycles. The van der Waals surface area contributed by atoms with Gasteiger partial charge in [0, 0.05) is 17.4 Å². The van der Waals surface area contributed by atoms with Crippen LogP contribution in [-0.2, 0) is 10.0 Å². The van der Waals surface area contributed by atoms with E-state index in [9.17, 15) is 8.42 Å². The Morgan fingerprint density at radius 2 is 1.90 bits per heavy atom. The lowest BCUT2D eigenvalue weighted by molar-refractivity contribution is 0.460. The molecule has 4 rings (SSSR count). The first-order valence-electron chi connectivity index (χ1n) is 8.55. The second-order valence-corrected chi connectivity index (χ2v) is 7.85. The van der Waals surface area contributed by atoms with Gasteiger partial charge in [-0.2, -0.15) is 13.5 Å². The van der Waals surface area contributed by atoms with Crippen molar-refractivity contribution in [2.75, 3.05) is 4.72 Å². The molecule has 0 aliphatic carbocycles. The zero-order valence-electron chi connectivity index (χ0n) is 15.6. The molecule has 0 spiro atoms. The molecule has 0 unspecified atom stereocenters. The summed E-state index contributed by atoms with van der Waals surface area (Å²) in [5.41, 5.74) is 2.22. The van der Waals surface area contributed by atoms with Gasteiger partial charge in [0.1, 0.15) is 12.1 Å². The van der Waals surface area contributed by atoms with Crippen molar-refractivity contribution in [1.82, 2.24) is 29.7 Å². The number of nitrogens with one attached hydrogen (secondary N) is 2. The van der Waals surface area contributed by atoms with Crippen LogP contribution >= 0.6 is 0 Å². The summed E-state index contributed by atoms with van der Waals surface area (Å²) in [5, 5.41) is 4.38. The van der Waals surface area contributed by atoms with E-state index in [1.165, 1.54) is 18.9 Å². The van der Waals surface area contributed by atoms with Gasteiger partial charge in [-0.25, -0.2) is 19.6 Å². The second kappa shape index (κ2) is 7.36. The molecular formula is C18H17N7O3S. The number of nitrogens with zero attached hydrogens (tertiary/aromatic N) is 5. The van der Waals surface area contributed by atoms with Crippen LogP contribution in [0, 0.1) is 13.8 Å². The predicted octanol–water partition coefficient (Wildman–Crippen LogP) is 2.60. The third-order valence-corrected chi connectivity index (χ3v) is 5.25. The van der Waals surface area contributed by atoms with Gasteiger partial charge >= 0.3 is 0 Å². The zero-order chi connectivity index (χ0) is 20.4. The molecule has 0 saturated carbocycles. The van der Waals surface area contributed by atoms with E-state index in [0.29, 0.717) is 23.1 Å². The van der Waals surface area contributed by atoms with Gasteiger partial charge in [-0.15, -0.1) is 0 Å². The topological polar surface area (TPSA) is 128 Å². The summed E-state index contributed by atoms with van der Waals surface area (Å²) in [6.45, 7) is 3.84. The first-order valence-corrected chi connectivity index (χ1v) is 10.0. The number of aryl methyl sites for hydroxylation is 2. The molecule has 0 radical (unpaired) electrons. The SMILES string of the molecule is Cc1cc(C)n(-c2cc(Oc3ccc(NS(=O)(=O)c4cnc[nH]4)cc3)ncn2)n1. The molecule has 10 nitrogen and oxygen atoms in total. The molecule has 0 bridgehead atoms. The van der Waals surface area contributed by atoms with E-state index in [-0.39, 0.29) is 5.03 Å². The Balaban J connectivity index is 1.49. The van der Waals surface area contributed by atoms with Crippen LogP contribution in [0.5, 0.6) is 11.6 Å². The van der Waals surface area contributed by atoms with E-state index in [0.717, 1.165) is 11.4 Å². The Morgan fingerprint density at radius 1 is 1.10 bits per heavy atom. The number of rotatable bonds is 6. The molecule has 29 heavy (non-hydrogen) atoms. The third-order valence-electron chi connectivity index (χ3n) is 3.95. The van der Waals surface area contributed by atoms with Gasteiger partial charge in [0.05, 0.1) is 18.2 Å². The van der Waals surface area contributed by atoms with Crippen molar-refractivity contribution in [3.05, 3.63) is 66.6 Å². The molecule has 0 aliphatic rings. The van der Waals surface area contributed by atoms with Gasteiger partial charge in [-0.05, 0) is 44.2 Å². The average molecular weight is 411 g/mol. The number of ether oxygens (including phenoxy) is 1. The highest BCUT2D eigenvalue weighted by Crippen LogP contribution is 2.23. The lowest BCUT2D eigenvalue weighted by Gasteiger charge is -2.09. The molecule has 148 valence electrons. The molecular weight excluding hydrogens is 394 g/mol. The summed E-state index contributed by atoms with van der Waals surface area (Å²) in [4.78, 5) is 14.6. The number of aromatic amines is 1. The fourth-order valence-corrected chi connectivity index (χ4v) is 3.64. The Hall–Kier alpha value is -3.73. The fraction of sp³-hybridized carbons (Fsp3) is 0.111. The van der Waals surface area contributed by atoms with Crippen LogP contribution in [0.2, 0.25) is 0 Å². The Morgan fingerprint density at radius 3 is 2.55 bits per heavy atom. The van der Waals surface area contributed by atoms with Crippen molar-refractivity contribution in [3.8, 4) is 17.4 Å². The van der Waals surface area contributed by atoms with Crippen molar-refractivity contribution in [1.29, 1.82) is 0 Å². The summed E-state index contributed by atoms with van der Waals surface area (Å²) in [5.74, 6) is 1.42. The van der Waals surface area contributed by atoms with Crippen molar-refractivity contribution < 1.29 is 13.2 Å². The molecule has 11 heteroatoms. The van der Waals surface area contributed by atoms with E-state index >= 15 is 0 Å².